The normalized spacial score (nSPS) is 11.6. The molecule has 0 saturated carbocycles. The van der Waals surface area contributed by atoms with Crippen LogP contribution < -0.4 is 4.72 Å². The Kier molecular flexibility index (Phi) is 4.37. The van der Waals surface area contributed by atoms with Crippen LogP contribution in [0, 0.1) is 11.6 Å². The van der Waals surface area contributed by atoms with Gasteiger partial charge >= 0.3 is 0 Å². The maximum Gasteiger partial charge on any atom is 0.243 e. The number of nitrogens with one attached hydrogen (secondary N) is 1. The van der Waals surface area contributed by atoms with Gasteiger partial charge in [0, 0.05) is 11.6 Å². The van der Waals surface area contributed by atoms with Gasteiger partial charge in [-0.15, -0.1) is 0 Å². The zero-order chi connectivity index (χ0) is 14.8. The Labute approximate surface area is 120 Å². The Morgan fingerprint density at radius 3 is 2.35 bits per heavy atom. The second kappa shape index (κ2) is 5.87. The molecule has 0 fully saturated rings. The van der Waals surface area contributed by atoms with Crippen LogP contribution in [0.25, 0.3) is 0 Å². The lowest BCUT2D eigenvalue weighted by Gasteiger charge is -2.08. The van der Waals surface area contributed by atoms with Crippen LogP contribution in [-0.4, -0.2) is 8.42 Å². The minimum atomic E-state index is -4.02. The van der Waals surface area contributed by atoms with Crippen molar-refractivity contribution >= 4 is 21.6 Å². The molecule has 0 aliphatic heterocycles. The van der Waals surface area contributed by atoms with Gasteiger partial charge in [0.1, 0.15) is 16.5 Å². The highest BCUT2D eigenvalue weighted by atomic mass is 35.5. The predicted molar refractivity (Wildman–Crippen MR) is 71.8 cm³/mol. The van der Waals surface area contributed by atoms with Crippen molar-refractivity contribution in [3.05, 3.63) is 64.7 Å². The van der Waals surface area contributed by atoms with Crippen molar-refractivity contribution < 1.29 is 17.2 Å². The molecular weight excluding hydrogens is 308 g/mol. The summed E-state index contributed by atoms with van der Waals surface area (Å²) in [6.07, 6.45) is 0. The fourth-order valence-electron chi connectivity index (χ4n) is 1.54. The molecule has 0 radical (unpaired) electrons. The molecular formula is C13H10ClF2NO2S. The molecule has 0 spiro atoms. The summed E-state index contributed by atoms with van der Waals surface area (Å²) in [7, 11) is -4.02. The van der Waals surface area contributed by atoms with Gasteiger partial charge in [-0.2, -0.15) is 0 Å². The third-order valence-corrected chi connectivity index (χ3v) is 4.21. The first-order valence-electron chi connectivity index (χ1n) is 5.58. The summed E-state index contributed by atoms with van der Waals surface area (Å²) in [6.45, 7) is -0.0748. The van der Waals surface area contributed by atoms with Crippen LogP contribution >= 0.6 is 11.6 Å². The lowest BCUT2D eigenvalue weighted by Crippen LogP contribution is -2.24. The maximum absolute atomic E-state index is 13.5. The van der Waals surface area contributed by atoms with Crippen molar-refractivity contribution in [2.24, 2.45) is 0 Å². The highest BCUT2D eigenvalue weighted by molar-refractivity contribution is 7.89. The molecule has 2 aromatic rings. The molecule has 106 valence electrons. The standard InChI is InChI=1S/C13H10ClF2NO2S/c14-10-3-6-12(16)13(7-10)20(18,19)17-8-9-1-4-11(15)5-2-9/h1-7,17H,8H2. The smallest absolute Gasteiger partial charge is 0.207 e. The first-order valence-corrected chi connectivity index (χ1v) is 7.44. The van der Waals surface area contributed by atoms with Gasteiger partial charge in [0.15, 0.2) is 0 Å². The number of hydrogen-bond donors (Lipinski definition) is 1. The molecule has 0 saturated heterocycles. The lowest BCUT2D eigenvalue weighted by molar-refractivity contribution is 0.557. The Bertz CT molecular complexity index is 718. The van der Waals surface area contributed by atoms with Crippen molar-refractivity contribution in [1.29, 1.82) is 0 Å². The first kappa shape index (κ1) is 14.9. The quantitative estimate of drug-likeness (QED) is 0.942. The number of halogens is 3. The molecule has 2 aromatic carbocycles. The summed E-state index contributed by atoms with van der Waals surface area (Å²) in [6, 6.07) is 8.57. The summed E-state index contributed by atoms with van der Waals surface area (Å²) in [5.41, 5.74) is 0.553. The van der Waals surface area contributed by atoms with Crippen LogP contribution in [0.2, 0.25) is 5.02 Å². The van der Waals surface area contributed by atoms with Gasteiger partial charge in [0.2, 0.25) is 10.0 Å². The molecule has 0 atom stereocenters. The third-order valence-electron chi connectivity index (χ3n) is 2.56. The van der Waals surface area contributed by atoms with Crippen molar-refractivity contribution in [3.8, 4) is 0 Å². The minimum Gasteiger partial charge on any atom is -0.207 e. The average molecular weight is 318 g/mol. The molecule has 0 aliphatic rings. The molecule has 2 rings (SSSR count). The molecule has 0 bridgehead atoms. The maximum atomic E-state index is 13.5. The van der Waals surface area contributed by atoms with Crippen molar-refractivity contribution in [2.75, 3.05) is 0 Å². The molecule has 0 aromatic heterocycles. The van der Waals surface area contributed by atoms with Crippen molar-refractivity contribution in [2.45, 2.75) is 11.4 Å². The first-order chi connectivity index (χ1) is 9.38. The number of hydrogen-bond acceptors (Lipinski definition) is 2. The zero-order valence-corrected chi connectivity index (χ0v) is 11.7. The Hall–Kier alpha value is -1.50. The lowest BCUT2D eigenvalue weighted by atomic mass is 10.2. The van der Waals surface area contributed by atoms with Crippen LogP contribution in [-0.2, 0) is 16.6 Å². The zero-order valence-electron chi connectivity index (χ0n) is 10.1. The summed E-state index contributed by atoms with van der Waals surface area (Å²) >= 11 is 5.66. The van der Waals surface area contributed by atoms with E-state index in [1.807, 2.05) is 0 Å². The van der Waals surface area contributed by atoms with E-state index in [4.69, 9.17) is 11.6 Å². The van der Waals surface area contributed by atoms with Gasteiger partial charge in [0.25, 0.3) is 0 Å². The highest BCUT2D eigenvalue weighted by Crippen LogP contribution is 2.19. The molecule has 0 amide bonds. The SMILES string of the molecule is O=S(=O)(NCc1ccc(F)cc1)c1cc(Cl)ccc1F. The fourth-order valence-corrected chi connectivity index (χ4v) is 2.90. The summed E-state index contributed by atoms with van der Waals surface area (Å²) < 4.78 is 52.4. The van der Waals surface area contributed by atoms with Crippen LogP contribution in [0.3, 0.4) is 0 Å². The van der Waals surface area contributed by atoms with Crippen LogP contribution in [0.4, 0.5) is 8.78 Å². The van der Waals surface area contributed by atoms with Crippen LogP contribution in [0.5, 0.6) is 0 Å². The summed E-state index contributed by atoms with van der Waals surface area (Å²) in [4.78, 5) is -0.521. The molecule has 20 heavy (non-hydrogen) atoms. The Morgan fingerprint density at radius 1 is 1.05 bits per heavy atom. The van der Waals surface area contributed by atoms with Gasteiger partial charge in [-0.1, -0.05) is 23.7 Å². The van der Waals surface area contributed by atoms with Gasteiger partial charge in [-0.05, 0) is 35.9 Å². The van der Waals surface area contributed by atoms with E-state index in [0.29, 0.717) is 5.56 Å². The Balaban J connectivity index is 2.19. The van der Waals surface area contributed by atoms with Gasteiger partial charge < -0.3 is 0 Å². The molecule has 3 nitrogen and oxygen atoms in total. The average Bonchev–Trinajstić information content (AvgIpc) is 2.41. The second-order valence-electron chi connectivity index (χ2n) is 4.03. The number of sulfonamides is 1. The number of benzene rings is 2. The van der Waals surface area contributed by atoms with Gasteiger partial charge in [0.05, 0.1) is 0 Å². The fraction of sp³-hybridized carbons (Fsp3) is 0.0769. The third kappa shape index (κ3) is 3.53. The number of rotatable bonds is 4. The summed E-state index contributed by atoms with van der Waals surface area (Å²) in [5.74, 6) is -1.31. The van der Waals surface area contributed by atoms with Crippen molar-refractivity contribution in [1.82, 2.24) is 4.72 Å². The van der Waals surface area contributed by atoms with Crippen LogP contribution in [0.15, 0.2) is 47.4 Å². The van der Waals surface area contributed by atoms with E-state index >= 15 is 0 Å². The van der Waals surface area contributed by atoms with E-state index in [9.17, 15) is 17.2 Å². The Morgan fingerprint density at radius 2 is 1.70 bits per heavy atom. The molecule has 0 aliphatic carbocycles. The molecule has 1 N–H and O–H groups in total. The van der Waals surface area contributed by atoms with E-state index in [1.54, 1.807) is 0 Å². The topological polar surface area (TPSA) is 46.2 Å². The van der Waals surface area contributed by atoms with E-state index in [2.05, 4.69) is 4.72 Å². The van der Waals surface area contributed by atoms with Gasteiger partial charge in [-0.25, -0.2) is 21.9 Å². The van der Waals surface area contributed by atoms with Gasteiger partial charge in [-0.3, -0.25) is 0 Å². The monoisotopic (exact) mass is 317 g/mol. The van der Waals surface area contributed by atoms with E-state index in [0.717, 1.165) is 12.1 Å². The molecule has 7 heteroatoms. The second-order valence-corrected chi connectivity index (χ2v) is 6.20. The van der Waals surface area contributed by atoms with E-state index < -0.39 is 26.6 Å². The predicted octanol–water partition coefficient (Wildman–Crippen LogP) is 3.10. The summed E-state index contributed by atoms with van der Waals surface area (Å²) in [5, 5.41) is 0.119. The van der Waals surface area contributed by atoms with E-state index in [-0.39, 0.29) is 11.6 Å². The van der Waals surface area contributed by atoms with E-state index in [1.165, 1.54) is 30.3 Å². The molecule has 0 unspecified atom stereocenters. The minimum absolute atomic E-state index is 0.0748. The van der Waals surface area contributed by atoms with Crippen molar-refractivity contribution in [3.63, 3.8) is 0 Å². The van der Waals surface area contributed by atoms with Crippen LogP contribution in [0.1, 0.15) is 5.56 Å². The highest BCUT2D eigenvalue weighted by Gasteiger charge is 2.19. The largest absolute Gasteiger partial charge is 0.243 e. The molecule has 0 heterocycles.